The molecular formula is C16H22N2O3S. The van der Waals surface area contributed by atoms with Gasteiger partial charge in [-0.05, 0) is 43.4 Å². The quantitative estimate of drug-likeness (QED) is 0.724. The Balaban J connectivity index is 1.79. The van der Waals surface area contributed by atoms with Gasteiger partial charge in [-0.25, -0.2) is 0 Å². The van der Waals surface area contributed by atoms with Crippen molar-refractivity contribution in [3.63, 3.8) is 0 Å². The molecule has 0 bridgehead atoms. The predicted octanol–water partition coefficient (Wildman–Crippen LogP) is 1.58. The zero-order valence-corrected chi connectivity index (χ0v) is 13.5. The Morgan fingerprint density at radius 1 is 1.32 bits per heavy atom. The smallest absolute Gasteiger partial charge is 0.258 e. The Morgan fingerprint density at radius 2 is 2.05 bits per heavy atom. The largest absolute Gasteiger partial charge is 0.484 e. The molecule has 2 amide bonds. The van der Waals surface area contributed by atoms with Crippen molar-refractivity contribution < 1.29 is 14.3 Å². The van der Waals surface area contributed by atoms with E-state index in [0.717, 1.165) is 18.6 Å². The highest BCUT2D eigenvalue weighted by atomic mass is 32.2. The average Bonchev–Trinajstić information content (AvgIpc) is 3.34. The van der Waals surface area contributed by atoms with Crippen LogP contribution in [0.25, 0.3) is 0 Å². The summed E-state index contributed by atoms with van der Waals surface area (Å²) in [5.74, 6) is 1.09. The van der Waals surface area contributed by atoms with Crippen LogP contribution in [0.5, 0.6) is 5.75 Å². The van der Waals surface area contributed by atoms with E-state index in [4.69, 9.17) is 4.74 Å². The number of nitrogens with one attached hydrogen (secondary N) is 2. The van der Waals surface area contributed by atoms with Gasteiger partial charge < -0.3 is 15.4 Å². The highest BCUT2D eigenvalue weighted by Crippen LogP contribution is 2.19. The van der Waals surface area contributed by atoms with Crippen LogP contribution < -0.4 is 15.4 Å². The van der Waals surface area contributed by atoms with Crippen molar-refractivity contribution in [2.24, 2.45) is 0 Å². The molecule has 1 aliphatic carbocycles. The standard InChI is InChI=1S/C16H22N2O3S/c1-22-10-9-14(16(20)17-12-7-8-12)18-15(19)11-21-13-5-3-2-4-6-13/h2-6,12,14H,7-11H2,1H3,(H,17,20)(H,18,19)/t14-/m0/s1. The lowest BCUT2D eigenvalue weighted by Gasteiger charge is -2.18. The van der Waals surface area contributed by atoms with Crippen LogP contribution in [-0.2, 0) is 9.59 Å². The van der Waals surface area contributed by atoms with Crippen LogP contribution in [0.3, 0.4) is 0 Å². The van der Waals surface area contributed by atoms with E-state index in [1.807, 2.05) is 24.5 Å². The van der Waals surface area contributed by atoms with Crippen LogP contribution in [0.15, 0.2) is 30.3 Å². The summed E-state index contributed by atoms with van der Waals surface area (Å²) in [7, 11) is 0. The van der Waals surface area contributed by atoms with Crippen molar-refractivity contribution in [3.8, 4) is 5.75 Å². The zero-order chi connectivity index (χ0) is 15.8. The van der Waals surface area contributed by atoms with E-state index in [-0.39, 0.29) is 18.4 Å². The summed E-state index contributed by atoms with van der Waals surface area (Å²) in [5, 5.41) is 5.70. The minimum Gasteiger partial charge on any atom is -0.484 e. The lowest BCUT2D eigenvalue weighted by molar-refractivity contribution is -0.130. The normalized spacial score (nSPS) is 15.0. The molecule has 0 saturated heterocycles. The molecule has 1 aromatic rings. The molecule has 0 radical (unpaired) electrons. The Labute approximate surface area is 135 Å². The van der Waals surface area contributed by atoms with Gasteiger partial charge in [-0.15, -0.1) is 0 Å². The monoisotopic (exact) mass is 322 g/mol. The van der Waals surface area contributed by atoms with Gasteiger partial charge in [0.1, 0.15) is 11.8 Å². The van der Waals surface area contributed by atoms with Gasteiger partial charge in [-0.1, -0.05) is 18.2 Å². The first kappa shape index (κ1) is 16.7. The molecule has 2 rings (SSSR count). The SMILES string of the molecule is CSCC[C@H](NC(=O)COc1ccccc1)C(=O)NC1CC1. The second-order valence-corrected chi connectivity index (χ2v) is 6.27. The molecule has 0 aromatic heterocycles. The highest BCUT2D eigenvalue weighted by molar-refractivity contribution is 7.98. The number of amides is 2. The second kappa shape index (κ2) is 8.68. The summed E-state index contributed by atoms with van der Waals surface area (Å²) in [5.41, 5.74) is 0. The summed E-state index contributed by atoms with van der Waals surface area (Å²) >= 11 is 1.66. The van der Waals surface area contributed by atoms with Crippen LogP contribution >= 0.6 is 11.8 Å². The van der Waals surface area contributed by atoms with Crippen molar-refractivity contribution in [2.75, 3.05) is 18.6 Å². The molecule has 120 valence electrons. The molecule has 0 heterocycles. The lowest BCUT2D eigenvalue weighted by Crippen LogP contribution is -2.48. The summed E-state index contributed by atoms with van der Waals surface area (Å²) in [6, 6.07) is 8.96. The Hall–Kier alpha value is -1.69. The fourth-order valence-electron chi connectivity index (χ4n) is 1.94. The molecule has 0 unspecified atom stereocenters. The van der Waals surface area contributed by atoms with Gasteiger partial charge in [-0.2, -0.15) is 11.8 Å². The third kappa shape index (κ3) is 5.97. The van der Waals surface area contributed by atoms with E-state index in [0.29, 0.717) is 18.2 Å². The van der Waals surface area contributed by atoms with Gasteiger partial charge in [-0.3, -0.25) is 9.59 Å². The number of ether oxygens (including phenoxy) is 1. The van der Waals surface area contributed by atoms with E-state index in [1.54, 1.807) is 23.9 Å². The molecule has 1 aromatic carbocycles. The van der Waals surface area contributed by atoms with Crippen molar-refractivity contribution >= 4 is 23.6 Å². The highest BCUT2D eigenvalue weighted by Gasteiger charge is 2.28. The third-order valence-electron chi connectivity index (χ3n) is 3.30. The number of carbonyl (C=O) groups excluding carboxylic acids is 2. The van der Waals surface area contributed by atoms with Gasteiger partial charge >= 0.3 is 0 Å². The maximum Gasteiger partial charge on any atom is 0.258 e. The lowest BCUT2D eigenvalue weighted by atomic mass is 10.2. The molecule has 6 heteroatoms. The number of rotatable bonds is 9. The van der Waals surface area contributed by atoms with E-state index < -0.39 is 6.04 Å². The number of benzene rings is 1. The Morgan fingerprint density at radius 3 is 2.68 bits per heavy atom. The van der Waals surface area contributed by atoms with E-state index in [1.165, 1.54) is 0 Å². The fourth-order valence-corrected chi connectivity index (χ4v) is 2.41. The first-order chi connectivity index (χ1) is 10.7. The maximum atomic E-state index is 12.1. The van der Waals surface area contributed by atoms with E-state index in [2.05, 4.69) is 10.6 Å². The van der Waals surface area contributed by atoms with E-state index >= 15 is 0 Å². The van der Waals surface area contributed by atoms with Crippen LogP contribution in [0.2, 0.25) is 0 Å². The molecule has 0 aliphatic heterocycles. The molecule has 1 fully saturated rings. The van der Waals surface area contributed by atoms with Gasteiger partial charge in [0.15, 0.2) is 6.61 Å². The maximum absolute atomic E-state index is 12.1. The Kier molecular flexibility index (Phi) is 6.58. The topological polar surface area (TPSA) is 67.4 Å². The number of hydrogen-bond donors (Lipinski definition) is 2. The summed E-state index contributed by atoms with van der Waals surface area (Å²) < 4.78 is 5.40. The molecule has 22 heavy (non-hydrogen) atoms. The molecule has 0 spiro atoms. The van der Waals surface area contributed by atoms with Gasteiger partial charge in [0.2, 0.25) is 5.91 Å². The molecule has 5 nitrogen and oxygen atoms in total. The van der Waals surface area contributed by atoms with Crippen LogP contribution in [0.4, 0.5) is 0 Å². The van der Waals surface area contributed by atoms with Crippen LogP contribution in [0.1, 0.15) is 19.3 Å². The van der Waals surface area contributed by atoms with Crippen molar-refractivity contribution in [1.82, 2.24) is 10.6 Å². The molecule has 2 N–H and O–H groups in total. The minimum absolute atomic E-state index is 0.0868. The van der Waals surface area contributed by atoms with Gasteiger partial charge in [0, 0.05) is 6.04 Å². The molecule has 1 saturated carbocycles. The molecule has 1 aliphatic rings. The van der Waals surface area contributed by atoms with Crippen molar-refractivity contribution in [3.05, 3.63) is 30.3 Å². The first-order valence-corrected chi connectivity index (χ1v) is 8.85. The first-order valence-electron chi connectivity index (χ1n) is 7.45. The molecular weight excluding hydrogens is 300 g/mol. The second-order valence-electron chi connectivity index (χ2n) is 5.29. The fraction of sp³-hybridized carbons (Fsp3) is 0.500. The predicted molar refractivity (Wildman–Crippen MR) is 88.0 cm³/mol. The van der Waals surface area contributed by atoms with Crippen molar-refractivity contribution in [1.29, 1.82) is 0 Å². The molecule has 1 atom stereocenters. The third-order valence-corrected chi connectivity index (χ3v) is 3.94. The van der Waals surface area contributed by atoms with Crippen molar-refractivity contribution in [2.45, 2.75) is 31.3 Å². The number of carbonyl (C=O) groups is 2. The summed E-state index contributed by atoms with van der Waals surface area (Å²) in [4.78, 5) is 24.1. The van der Waals surface area contributed by atoms with Gasteiger partial charge in [0.25, 0.3) is 5.91 Å². The average molecular weight is 322 g/mol. The Bertz CT molecular complexity index is 491. The number of thioether (sulfide) groups is 1. The number of hydrogen-bond acceptors (Lipinski definition) is 4. The van der Waals surface area contributed by atoms with E-state index in [9.17, 15) is 9.59 Å². The zero-order valence-electron chi connectivity index (χ0n) is 12.7. The van der Waals surface area contributed by atoms with Crippen LogP contribution in [0, 0.1) is 0 Å². The van der Waals surface area contributed by atoms with Crippen LogP contribution in [-0.4, -0.2) is 42.5 Å². The summed E-state index contributed by atoms with van der Waals surface area (Å²) in [6.07, 6.45) is 4.67. The summed E-state index contributed by atoms with van der Waals surface area (Å²) in [6.45, 7) is -0.0868. The number of para-hydroxylation sites is 1. The van der Waals surface area contributed by atoms with Gasteiger partial charge in [0.05, 0.1) is 0 Å². The minimum atomic E-state index is -0.486.